The quantitative estimate of drug-likeness (QED) is 0.573. The zero-order valence-electron chi connectivity index (χ0n) is 13.9. The lowest BCUT2D eigenvalue weighted by molar-refractivity contribution is -0.141. The Bertz CT molecular complexity index is 921. The lowest BCUT2D eigenvalue weighted by Gasteiger charge is -2.16. The first-order chi connectivity index (χ1) is 12.3. The van der Waals surface area contributed by atoms with Crippen LogP contribution in [0.5, 0.6) is 5.75 Å². The van der Waals surface area contributed by atoms with Crippen LogP contribution < -0.4 is 4.74 Å². The van der Waals surface area contributed by atoms with Crippen LogP contribution in [0.25, 0.3) is 22.6 Å². The Balaban J connectivity index is 2.33. The summed E-state index contributed by atoms with van der Waals surface area (Å²) in [5.74, 6) is 0.299. The van der Waals surface area contributed by atoms with Gasteiger partial charge in [0.05, 0.1) is 23.6 Å². The highest BCUT2D eigenvalue weighted by atomic mass is 35.5. The number of pyridine rings is 1. The summed E-state index contributed by atoms with van der Waals surface area (Å²) >= 11 is 5.89. The molecule has 26 heavy (non-hydrogen) atoms. The molecule has 1 aromatic carbocycles. The number of benzene rings is 1. The van der Waals surface area contributed by atoms with E-state index in [-0.39, 0.29) is 23.8 Å². The van der Waals surface area contributed by atoms with Gasteiger partial charge in [-0.05, 0) is 26.0 Å². The van der Waals surface area contributed by atoms with Crippen molar-refractivity contribution in [3.63, 3.8) is 0 Å². The van der Waals surface area contributed by atoms with E-state index in [1.165, 1.54) is 0 Å². The SMILES string of the molecule is CCOc1cc(C(F)(F)F)nc(-c2ccc(Cl)cc2)c1-c1cc(C)no1. The Labute approximate surface area is 152 Å². The predicted octanol–water partition coefficient (Wildman–Crippen LogP) is 5.78. The fraction of sp³-hybridized carbons (Fsp3) is 0.222. The van der Waals surface area contributed by atoms with Gasteiger partial charge in [-0.2, -0.15) is 13.2 Å². The monoisotopic (exact) mass is 382 g/mol. The molecule has 0 aliphatic carbocycles. The van der Waals surface area contributed by atoms with Gasteiger partial charge in [-0.15, -0.1) is 0 Å². The van der Waals surface area contributed by atoms with Crippen LogP contribution in [0, 0.1) is 6.92 Å². The standard InChI is InChI=1S/C18H14ClF3N2O2/c1-3-25-13-9-15(18(20,21)22)23-17(11-4-6-12(19)7-5-11)16(13)14-8-10(2)24-26-14/h4-9H,3H2,1-2H3. The van der Waals surface area contributed by atoms with Crippen LogP contribution in [-0.2, 0) is 6.18 Å². The fourth-order valence-electron chi connectivity index (χ4n) is 2.47. The van der Waals surface area contributed by atoms with Gasteiger partial charge in [-0.1, -0.05) is 28.9 Å². The summed E-state index contributed by atoms with van der Waals surface area (Å²) in [4.78, 5) is 3.84. The first-order valence-corrected chi connectivity index (χ1v) is 8.12. The third-order valence-electron chi connectivity index (χ3n) is 3.57. The van der Waals surface area contributed by atoms with Gasteiger partial charge in [0, 0.05) is 22.7 Å². The van der Waals surface area contributed by atoms with Crippen LogP contribution in [0.3, 0.4) is 0 Å². The molecule has 136 valence electrons. The molecule has 0 N–H and O–H groups in total. The Morgan fingerprint density at radius 3 is 2.38 bits per heavy atom. The summed E-state index contributed by atoms with van der Waals surface area (Å²) in [5, 5.41) is 4.27. The second kappa shape index (κ2) is 6.99. The molecule has 0 fully saturated rings. The average Bonchev–Trinajstić information content (AvgIpc) is 3.00. The molecule has 0 saturated carbocycles. The summed E-state index contributed by atoms with van der Waals surface area (Å²) in [7, 11) is 0. The van der Waals surface area contributed by atoms with E-state index >= 15 is 0 Å². The molecule has 3 rings (SSSR count). The highest BCUT2D eigenvalue weighted by Gasteiger charge is 2.35. The van der Waals surface area contributed by atoms with Crippen LogP contribution in [0.4, 0.5) is 13.2 Å². The number of alkyl halides is 3. The van der Waals surface area contributed by atoms with Gasteiger partial charge in [0.1, 0.15) is 11.4 Å². The van der Waals surface area contributed by atoms with E-state index in [0.717, 1.165) is 6.07 Å². The van der Waals surface area contributed by atoms with E-state index in [4.69, 9.17) is 20.9 Å². The summed E-state index contributed by atoms with van der Waals surface area (Å²) in [5.41, 5.74) is 0.375. The number of nitrogens with zero attached hydrogens (tertiary/aromatic N) is 2. The molecule has 2 aromatic heterocycles. The van der Waals surface area contributed by atoms with Crippen molar-refractivity contribution in [2.75, 3.05) is 6.61 Å². The lowest BCUT2D eigenvalue weighted by Crippen LogP contribution is -2.10. The number of aromatic nitrogens is 2. The smallest absolute Gasteiger partial charge is 0.433 e. The van der Waals surface area contributed by atoms with Crippen LogP contribution >= 0.6 is 11.6 Å². The summed E-state index contributed by atoms with van der Waals surface area (Å²) in [6.07, 6.45) is -4.62. The maximum Gasteiger partial charge on any atom is 0.433 e. The summed E-state index contributed by atoms with van der Waals surface area (Å²) in [6, 6.07) is 8.83. The number of aryl methyl sites for hydroxylation is 1. The molecule has 0 aliphatic heterocycles. The molecular weight excluding hydrogens is 369 g/mol. The van der Waals surface area contributed by atoms with E-state index < -0.39 is 11.9 Å². The van der Waals surface area contributed by atoms with Gasteiger partial charge in [0.2, 0.25) is 0 Å². The third kappa shape index (κ3) is 3.67. The molecule has 2 heterocycles. The number of rotatable bonds is 4. The molecular formula is C18H14ClF3N2O2. The Morgan fingerprint density at radius 1 is 1.15 bits per heavy atom. The minimum absolute atomic E-state index is 0.0240. The highest BCUT2D eigenvalue weighted by Crippen LogP contribution is 2.42. The van der Waals surface area contributed by atoms with E-state index in [1.807, 2.05) is 0 Å². The maximum absolute atomic E-state index is 13.3. The predicted molar refractivity (Wildman–Crippen MR) is 91.1 cm³/mol. The normalized spacial score (nSPS) is 11.6. The molecule has 0 amide bonds. The summed E-state index contributed by atoms with van der Waals surface area (Å²) < 4.78 is 50.7. The minimum atomic E-state index is -4.62. The second-order valence-corrected chi connectivity index (χ2v) is 5.94. The molecule has 0 spiro atoms. The molecule has 3 aromatic rings. The van der Waals surface area contributed by atoms with E-state index in [1.54, 1.807) is 44.2 Å². The highest BCUT2D eigenvalue weighted by molar-refractivity contribution is 6.30. The first kappa shape index (κ1) is 18.3. The number of hydrogen-bond donors (Lipinski definition) is 0. The van der Waals surface area contributed by atoms with Gasteiger partial charge < -0.3 is 9.26 Å². The van der Waals surface area contributed by atoms with E-state index in [9.17, 15) is 13.2 Å². The fourth-order valence-corrected chi connectivity index (χ4v) is 2.60. The number of ether oxygens (including phenoxy) is 1. The van der Waals surface area contributed by atoms with E-state index in [0.29, 0.717) is 21.8 Å². The Morgan fingerprint density at radius 2 is 1.85 bits per heavy atom. The van der Waals surface area contributed by atoms with Crippen LogP contribution in [-0.4, -0.2) is 16.7 Å². The lowest BCUT2D eigenvalue weighted by atomic mass is 10.0. The molecule has 0 bridgehead atoms. The summed E-state index contributed by atoms with van der Waals surface area (Å²) in [6.45, 7) is 3.58. The molecule has 0 radical (unpaired) electrons. The molecule has 4 nitrogen and oxygen atoms in total. The van der Waals surface area contributed by atoms with Gasteiger partial charge in [-0.25, -0.2) is 4.98 Å². The minimum Gasteiger partial charge on any atom is -0.493 e. The van der Waals surface area contributed by atoms with Crippen molar-refractivity contribution in [2.24, 2.45) is 0 Å². The van der Waals surface area contributed by atoms with E-state index in [2.05, 4.69) is 10.1 Å². The average molecular weight is 383 g/mol. The van der Waals surface area contributed by atoms with Crippen LogP contribution in [0.1, 0.15) is 18.3 Å². The van der Waals surface area contributed by atoms with Crippen molar-refractivity contribution >= 4 is 11.6 Å². The number of halogens is 4. The Hall–Kier alpha value is -2.54. The first-order valence-electron chi connectivity index (χ1n) is 7.74. The van der Waals surface area contributed by atoms with Crippen molar-refractivity contribution in [3.8, 4) is 28.3 Å². The van der Waals surface area contributed by atoms with Gasteiger partial charge in [-0.3, -0.25) is 0 Å². The van der Waals surface area contributed by atoms with Gasteiger partial charge in [0.15, 0.2) is 5.76 Å². The maximum atomic E-state index is 13.3. The van der Waals surface area contributed by atoms with Crippen molar-refractivity contribution < 1.29 is 22.4 Å². The van der Waals surface area contributed by atoms with Gasteiger partial charge >= 0.3 is 6.18 Å². The van der Waals surface area contributed by atoms with Crippen molar-refractivity contribution in [3.05, 3.63) is 52.8 Å². The topological polar surface area (TPSA) is 48.2 Å². The molecule has 0 atom stereocenters. The van der Waals surface area contributed by atoms with Crippen LogP contribution in [0.15, 0.2) is 40.9 Å². The molecule has 0 unspecified atom stereocenters. The molecule has 0 saturated heterocycles. The zero-order valence-corrected chi connectivity index (χ0v) is 14.6. The zero-order chi connectivity index (χ0) is 18.9. The van der Waals surface area contributed by atoms with Crippen LogP contribution in [0.2, 0.25) is 5.02 Å². The third-order valence-corrected chi connectivity index (χ3v) is 3.82. The molecule has 0 aliphatic rings. The second-order valence-electron chi connectivity index (χ2n) is 5.50. The number of hydrogen-bond acceptors (Lipinski definition) is 4. The van der Waals surface area contributed by atoms with Crippen molar-refractivity contribution in [2.45, 2.75) is 20.0 Å². The van der Waals surface area contributed by atoms with Gasteiger partial charge in [0.25, 0.3) is 0 Å². The van der Waals surface area contributed by atoms with Crippen molar-refractivity contribution in [1.82, 2.24) is 10.1 Å². The van der Waals surface area contributed by atoms with Crippen molar-refractivity contribution in [1.29, 1.82) is 0 Å². The molecule has 8 heteroatoms. The Kier molecular flexibility index (Phi) is 4.91. The largest absolute Gasteiger partial charge is 0.493 e.